The number of benzene rings is 2. The zero-order valence-corrected chi connectivity index (χ0v) is 13.8. The number of carbonyl (C=O) groups excluding carboxylic acids is 1. The lowest BCUT2D eigenvalue weighted by Gasteiger charge is -2.10. The molecule has 0 saturated heterocycles. The molecule has 3 N–H and O–H groups in total. The van der Waals surface area contributed by atoms with E-state index in [9.17, 15) is 9.90 Å². The molecule has 0 radical (unpaired) electrons. The van der Waals surface area contributed by atoms with Crippen LogP contribution in [-0.2, 0) is 0 Å². The fourth-order valence-electron chi connectivity index (χ4n) is 2.63. The van der Waals surface area contributed by atoms with E-state index in [4.69, 9.17) is 0 Å². The van der Waals surface area contributed by atoms with Gasteiger partial charge in [-0.05, 0) is 49.6 Å². The SMILES string of the molecule is Cc1cccc(-c2cc(C(=O)Nc3c(C)cccc3C)[nH]n2)c1O. The Morgan fingerprint density at radius 3 is 2.38 bits per heavy atom. The van der Waals surface area contributed by atoms with E-state index < -0.39 is 0 Å². The third-order valence-electron chi connectivity index (χ3n) is 4.06. The number of H-pyrrole nitrogens is 1. The maximum absolute atomic E-state index is 12.5. The van der Waals surface area contributed by atoms with Crippen molar-refractivity contribution in [3.8, 4) is 17.0 Å². The van der Waals surface area contributed by atoms with Gasteiger partial charge in [0.1, 0.15) is 11.4 Å². The Balaban J connectivity index is 1.88. The van der Waals surface area contributed by atoms with E-state index >= 15 is 0 Å². The van der Waals surface area contributed by atoms with Crippen molar-refractivity contribution in [2.45, 2.75) is 20.8 Å². The van der Waals surface area contributed by atoms with Crippen LogP contribution in [0.2, 0.25) is 0 Å². The zero-order chi connectivity index (χ0) is 17.3. The smallest absolute Gasteiger partial charge is 0.273 e. The molecular weight excluding hydrogens is 302 g/mol. The van der Waals surface area contributed by atoms with Crippen molar-refractivity contribution in [1.82, 2.24) is 10.2 Å². The molecule has 24 heavy (non-hydrogen) atoms. The first kappa shape index (κ1) is 15.8. The molecule has 0 fully saturated rings. The number of carbonyl (C=O) groups is 1. The quantitative estimate of drug-likeness (QED) is 0.683. The molecule has 0 atom stereocenters. The summed E-state index contributed by atoms with van der Waals surface area (Å²) in [6.45, 7) is 5.72. The molecule has 0 saturated carbocycles. The lowest BCUT2D eigenvalue weighted by molar-refractivity contribution is 0.102. The lowest BCUT2D eigenvalue weighted by atomic mass is 10.1. The van der Waals surface area contributed by atoms with E-state index in [1.807, 2.05) is 51.1 Å². The monoisotopic (exact) mass is 321 g/mol. The third kappa shape index (κ3) is 2.88. The predicted octanol–water partition coefficient (Wildman–Crippen LogP) is 3.96. The normalized spacial score (nSPS) is 10.6. The Morgan fingerprint density at radius 2 is 1.67 bits per heavy atom. The van der Waals surface area contributed by atoms with Crippen LogP contribution in [-0.4, -0.2) is 21.2 Å². The molecular formula is C19H19N3O2. The Bertz CT molecular complexity index is 892. The van der Waals surface area contributed by atoms with Crippen LogP contribution in [0.1, 0.15) is 27.2 Å². The number of anilines is 1. The van der Waals surface area contributed by atoms with Gasteiger partial charge in [0.2, 0.25) is 0 Å². The minimum absolute atomic E-state index is 0.172. The van der Waals surface area contributed by atoms with Gasteiger partial charge in [-0.1, -0.05) is 30.3 Å². The summed E-state index contributed by atoms with van der Waals surface area (Å²) >= 11 is 0. The van der Waals surface area contributed by atoms with Crippen molar-refractivity contribution in [1.29, 1.82) is 0 Å². The fourth-order valence-corrected chi connectivity index (χ4v) is 2.63. The number of hydrogen-bond donors (Lipinski definition) is 3. The molecule has 0 unspecified atom stereocenters. The summed E-state index contributed by atoms with van der Waals surface area (Å²) in [4.78, 5) is 12.5. The number of phenols is 1. The molecule has 1 aromatic heterocycles. The molecule has 122 valence electrons. The van der Waals surface area contributed by atoms with E-state index in [-0.39, 0.29) is 11.7 Å². The van der Waals surface area contributed by atoms with Gasteiger partial charge in [-0.3, -0.25) is 9.89 Å². The predicted molar refractivity (Wildman–Crippen MR) is 94.3 cm³/mol. The van der Waals surface area contributed by atoms with Gasteiger partial charge >= 0.3 is 0 Å². The Hall–Kier alpha value is -3.08. The summed E-state index contributed by atoms with van der Waals surface area (Å²) in [5, 5.41) is 20.0. The van der Waals surface area contributed by atoms with Gasteiger partial charge in [0.05, 0.1) is 5.69 Å². The molecule has 0 bridgehead atoms. The number of hydrogen-bond acceptors (Lipinski definition) is 3. The first-order valence-electron chi connectivity index (χ1n) is 7.69. The van der Waals surface area contributed by atoms with Crippen LogP contribution >= 0.6 is 0 Å². The van der Waals surface area contributed by atoms with Crippen LogP contribution in [0.4, 0.5) is 5.69 Å². The number of aryl methyl sites for hydroxylation is 3. The summed E-state index contributed by atoms with van der Waals surface area (Å²) in [5.74, 6) is -0.0935. The summed E-state index contributed by atoms with van der Waals surface area (Å²) in [6, 6.07) is 12.9. The molecule has 0 spiro atoms. The average molecular weight is 321 g/mol. The molecule has 1 amide bonds. The molecule has 0 aliphatic carbocycles. The van der Waals surface area contributed by atoms with Crippen LogP contribution in [0.3, 0.4) is 0 Å². The first-order valence-corrected chi connectivity index (χ1v) is 7.69. The number of aromatic amines is 1. The topological polar surface area (TPSA) is 78.0 Å². The number of phenolic OH excluding ortho intramolecular Hbond substituents is 1. The van der Waals surface area contributed by atoms with E-state index in [1.165, 1.54) is 0 Å². The largest absolute Gasteiger partial charge is 0.507 e. The van der Waals surface area contributed by atoms with Crippen LogP contribution in [0.25, 0.3) is 11.3 Å². The Labute approximate surface area is 140 Å². The first-order chi connectivity index (χ1) is 11.5. The second kappa shape index (κ2) is 6.20. The van der Waals surface area contributed by atoms with Gasteiger partial charge in [-0.2, -0.15) is 5.10 Å². The molecule has 5 heteroatoms. The maximum Gasteiger partial charge on any atom is 0.273 e. The Morgan fingerprint density at radius 1 is 1.04 bits per heavy atom. The summed E-state index contributed by atoms with van der Waals surface area (Å²) in [7, 11) is 0. The molecule has 5 nitrogen and oxygen atoms in total. The molecule has 3 rings (SSSR count). The van der Waals surface area contributed by atoms with E-state index in [2.05, 4.69) is 15.5 Å². The summed E-state index contributed by atoms with van der Waals surface area (Å²) in [6.07, 6.45) is 0. The van der Waals surface area contributed by atoms with Gasteiger partial charge in [0.15, 0.2) is 0 Å². The van der Waals surface area contributed by atoms with Gasteiger partial charge in [0, 0.05) is 11.3 Å². The second-order valence-electron chi connectivity index (χ2n) is 5.86. The van der Waals surface area contributed by atoms with Crippen molar-refractivity contribution in [2.24, 2.45) is 0 Å². The molecule has 1 heterocycles. The highest BCUT2D eigenvalue weighted by Gasteiger charge is 2.15. The van der Waals surface area contributed by atoms with E-state index in [0.29, 0.717) is 17.0 Å². The summed E-state index contributed by atoms with van der Waals surface area (Å²) < 4.78 is 0. The van der Waals surface area contributed by atoms with Gasteiger partial charge in [0.25, 0.3) is 5.91 Å². The zero-order valence-electron chi connectivity index (χ0n) is 13.8. The standard InChI is InChI=1S/C19H19N3O2/c1-11-6-4-7-12(2)17(11)20-19(24)16-10-15(21-22-16)14-9-5-8-13(3)18(14)23/h4-10,23H,1-3H3,(H,20,24)(H,21,22). The van der Waals surface area contributed by atoms with Crippen molar-refractivity contribution in [3.05, 3.63) is 64.8 Å². The highest BCUT2D eigenvalue weighted by atomic mass is 16.3. The molecule has 3 aromatic rings. The van der Waals surface area contributed by atoms with Crippen molar-refractivity contribution < 1.29 is 9.90 Å². The highest BCUT2D eigenvalue weighted by Crippen LogP contribution is 2.30. The van der Waals surface area contributed by atoms with Gasteiger partial charge in [-0.15, -0.1) is 0 Å². The van der Waals surface area contributed by atoms with Crippen LogP contribution in [0.5, 0.6) is 5.75 Å². The third-order valence-corrected chi connectivity index (χ3v) is 4.06. The highest BCUT2D eigenvalue weighted by molar-refractivity contribution is 6.04. The minimum atomic E-state index is -0.265. The summed E-state index contributed by atoms with van der Waals surface area (Å²) in [5.41, 5.74) is 5.03. The number of nitrogens with one attached hydrogen (secondary N) is 2. The number of amides is 1. The van der Waals surface area contributed by atoms with Crippen molar-refractivity contribution in [3.63, 3.8) is 0 Å². The lowest BCUT2D eigenvalue weighted by Crippen LogP contribution is -2.14. The number of rotatable bonds is 3. The average Bonchev–Trinajstić information content (AvgIpc) is 3.03. The van der Waals surface area contributed by atoms with Crippen LogP contribution in [0.15, 0.2) is 42.5 Å². The number of nitrogens with zero attached hydrogens (tertiary/aromatic N) is 1. The fraction of sp³-hybridized carbons (Fsp3) is 0.158. The number of aromatic hydroxyl groups is 1. The van der Waals surface area contributed by atoms with Gasteiger partial charge in [-0.25, -0.2) is 0 Å². The number of aromatic nitrogens is 2. The molecule has 0 aliphatic heterocycles. The maximum atomic E-state index is 12.5. The molecule has 0 aliphatic rings. The minimum Gasteiger partial charge on any atom is -0.507 e. The van der Waals surface area contributed by atoms with Crippen molar-refractivity contribution >= 4 is 11.6 Å². The second-order valence-corrected chi connectivity index (χ2v) is 5.86. The Kier molecular flexibility index (Phi) is 4.08. The van der Waals surface area contributed by atoms with Gasteiger partial charge < -0.3 is 10.4 Å². The van der Waals surface area contributed by atoms with Crippen molar-refractivity contribution in [2.75, 3.05) is 5.32 Å². The van der Waals surface area contributed by atoms with Crippen LogP contribution < -0.4 is 5.32 Å². The van der Waals surface area contributed by atoms with E-state index in [1.54, 1.807) is 12.1 Å². The van der Waals surface area contributed by atoms with E-state index in [0.717, 1.165) is 22.4 Å². The molecule has 2 aromatic carbocycles. The number of para-hydroxylation sites is 2. The van der Waals surface area contributed by atoms with Crippen LogP contribution in [0, 0.1) is 20.8 Å².